The van der Waals surface area contributed by atoms with Gasteiger partial charge < -0.3 is 10.5 Å². The van der Waals surface area contributed by atoms with Crippen LogP contribution in [0.5, 0.6) is 0 Å². The molecule has 1 unspecified atom stereocenters. The number of nitrogens with two attached hydrogens (primary N) is 1. The van der Waals surface area contributed by atoms with Gasteiger partial charge in [0.1, 0.15) is 0 Å². The van der Waals surface area contributed by atoms with E-state index in [1.165, 1.54) is 12.8 Å². The van der Waals surface area contributed by atoms with E-state index in [4.69, 9.17) is 10.5 Å². The van der Waals surface area contributed by atoms with Crippen molar-refractivity contribution < 1.29 is 4.74 Å². The van der Waals surface area contributed by atoms with Crippen molar-refractivity contribution in [3.05, 3.63) is 0 Å². The minimum atomic E-state index is 0.0377. The maximum atomic E-state index is 6.03. The molecule has 0 aromatic rings. The normalized spacial score (nSPS) is 24.3. The third kappa shape index (κ3) is 1.96. The molecule has 1 saturated carbocycles. The summed E-state index contributed by atoms with van der Waals surface area (Å²) in [6, 6.07) is 0. The molecule has 2 heteroatoms. The van der Waals surface area contributed by atoms with Gasteiger partial charge in [-0.1, -0.05) is 0 Å². The Morgan fingerprint density at radius 1 is 1.60 bits per heavy atom. The monoisotopic (exact) mass is 143 g/mol. The zero-order valence-corrected chi connectivity index (χ0v) is 6.89. The molecule has 0 aliphatic heterocycles. The zero-order valence-electron chi connectivity index (χ0n) is 6.89. The Bertz CT molecular complexity index is 108. The van der Waals surface area contributed by atoms with Crippen LogP contribution in [0.1, 0.15) is 26.2 Å². The summed E-state index contributed by atoms with van der Waals surface area (Å²) in [6.45, 7) is 2.92. The summed E-state index contributed by atoms with van der Waals surface area (Å²) in [5.74, 6) is 0.766. The van der Waals surface area contributed by atoms with Gasteiger partial charge in [-0.05, 0) is 32.1 Å². The standard InChI is InChI=1S/C8H17NO/c1-8(9,5-6-10-2)7-3-4-7/h7H,3-6,9H2,1-2H3. The van der Waals surface area contributed by atoms with E-state index in [2.05, 4.69) is 6.92 Å². The Balaban J connectivity index is 2.20. The van der Waals surface area contributed by atoms with Crippen LogP contribution in [0.2, 0.25) is 0 Å². The first-order valence-electron chi connectivity index (χ1n) is 3.94. The smallest absolute Gasteiger partial charge is 0.0479 e. The van der Waals surface area contributed by atoms with Gasteiger partial charge in [0, 0.05) is 19.3 Å². The van der Waals surface area contributed by atoms with E-state index in [0.29, 0.717) is 0 Å². The second kappa shape index (κ2) is 2.89. The van der Waals surface area contributed by atoms with E-state index < -0.39 is 0 Å². The van der Waals surface area contributed by atoms with E-state index in [0.717, 1.165) is 18.9 Å². The summed E-state index contributed by atoms with van der Waals surface area (Å²) in [5, 5.41) is 0. The molecular weight excluding hydrogens is 126 g/mol. The molecule has 2 nitrogen and oxygen atoms in total. The molecule has 1 fully saturated rings. The minimum absolute atomic E-state index is 0.0377. The SMILES string of the molecule is COCCC(C)(N)C1CC1. The molecule has 1 aliphatic carbocycles. The van der Waals surface area contributed by atoms with E-state index >= 15 is 0 Å². The third-order valence-electron chi connectivity index (χ3n) is 2.35. The van der Waals surface area contributed by atoms with Gasteiger partial charge in [0.05, 0.1) is 0 Å². The number of rotatable bonds is 4. The summed E-state index contributed by atoms with van der Waals surface area (Å²) in [6.07, 6.45) is 3.63. The Kier molecular flexibility index (Phi) is 2.32. The van der Waals surface area contributed by atoms with Crippen LogP contribution in [0.15, 0.2) is 0 Å². The van der Waals surface area contributed by atoms with E-state index in [1.807, 2.05) is 0 Å². The van der Waals surface area contributed by atoms with E-state index in [9.17, 15) is 0 Å². The Morgan fingerprint density at radius 3 is 2.60 bits per heavy atom. The molecular formula is C8H17NO. The van der Waals surface area contributed by atoms with Gasteiger partial charge in [-0.15, -0.1) is 0 Å². The fourth-order valence-corrected chi connectivity index (χ4v) is 1.27. The molecule has 0 aromatic heterocycles. The second-order valence-corrected chi connectivity index (χ2v) is 3.52. The molecule has 1 atom stereocenters. The molecule has 0 aromatic carbocycles. The molecule has 0 saturated heterocycles. The van der Waals surface area contributed by atoms with Gasteiger partial charge in [-0.2, -0.15) is 0 Å². The lowest BCUT2D eigenvalue weighted by molar-refractivity contribution is 0.165. The third-order valence-corrected chi connectivity index (χ3v) is 2.35. The fraction of sp³-hybridized carbons (Fsp3) is 1.00. The molecule has 0 spiro atoms. The maximum absolute atomic E-state index is 6.03. The fourth-order valence-electron chi connectivity index (χ4n) is 1.27. The number of hydrogen-bond donors (Lipinski definition) is 1. The molecule has 0 amide bonds. The van der Waals surface area contributed by atoms with Crippen molar-refractivity contribution in [2.75, 3.05) is 13.7 Å². The molecule has 10 heavy (non-hydrogen) atoms. The van der Waals surface area contributed by atoms with Gasteiger partial charge in [0.15, 0.2) is 0 Å². The highest BCUT2D eigenvalue weighted by atomic mass is 16.5. The van der Waals surface area contributed by atoms with Crippen LogP contribution in [-0.2, 0) is 4.74 Å². The summed E-state index contributed by atoms with van der Waals surface area (Å²) in [7, 11) is 1.73. The number of methoxy groups -OCH3 is 1. The maximum Gasteiger partial charge on any atom is 0.0479 e. The van der Waals surface area contributed by atoms with Crippen LogP contribution in [0.3, 0.4) is 0 Å². The molecule has 60 valence electrons. The van der Waals surface area contributed by atoms with Gasteiger partial charge in [-0.25, -0.2) is 0 Å². The number of ether oxygens (including phenoxy) is 1. The first kappa shape index (κ1) is 8.02. The average molecular weight is 143 g/mol. The van der Waals surface area contributed by atoms with Crippen LogP contribution < -0.4 is 5.73 Å². The van der Waals surface area contributed by atoms with Gasteiger partial charge in [0.25, 0.3) is 0 Å². The predicted molar refractivity (Wildman–Crippen MR) is 41.8 cm³/mol. The minimum Gasteiger partial charge on any atom is -0.385 e. The molecule has 0 bridgehead atoms. The lowest BCUT2D eigenvalue weighted by Crippen LogP contribution is -2.39. The van der Waals surface area contributed by atoms with Crippen molar-refractivity contribution in [3.8, 4) is 0 Å². The Hall–Kier alpha value is -0.0800. The predicted octanol–water partition coefficient (Wildman–Crippen LogP) is 1.15. The largest absolute Gasteiger partial charge is 0.385 e. The quantitative estimate of drug-likeness (QED) is 0.640. The van der Waals surface area contributed by atoms with Crippen molar-refractivity contribution in [3.63, 3.8) is 0 Å². The highest BCUT2D eigenvalue weighted by Gasteiger charge is 2.37. The molecule has 1 rings (SSSR count). The van der Waals surface area contributed by atoms with Crippen LogP contribution in [0, 0.1) is 5.92 Å². The molecule has 2 N–H and O–H groups in total. The van der Waals surface area contributed by atoms with Crippen molar-refractivity contribution >= 4 is 0 Å². The molecule has 0 radical (unpaired) electrons. The van der Waals surface area contributed by atoms with Gasteiger partial charge in [0.2, 0.25) is 0 Å². The van der Waals surface area contributed by atoms with Crippen LogP contribution in [-0.4, -0.2) is 19.3 Å². The first-order chi connectivity index (χ1) is 4.67. The van der Waals surface area contributed by atoms with Gasteiger partial charge >= 0.3 is 0 Å². The topological polar surface area (TPSA) is 35.2 Å². The second-order valence-electron chi connectivity index (χ2n) is 3.52. The van der Waals surface area contributed by atoms with Crippen molar-refractivity contribution in [1.82, 2.24) is 0 Å². The zero-order chi connectivity index (χ0) is 7.61. The van der Waals surface area contributed by atoms with Crippen LogP contribution >= 0.6 is 0 Å². The highest BCUT2D eigenvalue weighted by Crippen LogP contribution is 2.39. The Morgan fingerprint density at radius 2 is 2.20 bits per heavy atom. The lowest BCUT2D eigenvalue weighted by Gasteiger charge is -2.23. The summed E-state index contributed by atoms with van der Waals surface area (Å²) < 4.78 is 4.98. The average Bonchev–Trinajstić information content (AvgIpc) is 2.64. The van der Waals surface area contributed by atoms with Crippen LogP contribution in [0.4, 0.5) is 0 Å². The van der Waals surface area contributed by atoms with Crippen LogP contribution in [0.25, 0.3) is 0 Å². The lowest BCUT2D eigenvalue weighted by atomic mass is 9.94. The van der Waals surface area contributed by atoms with Crippen molar-refractivity contribution in [2.24, 2.45) is 11.7 Å². The van der Waals surface area contributed by atoms with Crippen molar-refractivity contribution in [1.29, 1.82) is 0 Å². The summed E-state index contributed by atoms with van der Waals surface area (Å²) in [5.41, 5.74) is 6.07. The number of hydrogen-bond acceptors (Lipinski definition) is 2. The summed E-state index contributed by atoms with van der Waals surface area (Å²) >= 11 is 0. The first-order valence-corrected chi connectivity index (χ1v) is 3.94. The molecule has 0 heterocycles. The van der Waals surface area contributed by atoms with Crippen molar-refractivity contribution in [2.45, 2.75) is 31.7 Å². The van der Waals surface area contributed by atoms with Gasteiger partial charge in [-0.3, -0.25) is 0 Å². The summed E-state index contributed by atoms with van der Waals surface area (Å²) in [4.78, 5) is 0. The highest BCUT2D eigenvalue weighted by molar-refractivity contribution is 4.94. The molecule has 1 aliphatic rings. The van der Waals surface area contributed by atoms with E-state index in [1.54, 1.807) is 7.11 Å². The Labute approximate surface area is 62.7 Å². The van der Waals surface area contributed by atoms with E-state index in [-0.39, 0.29) is 5.54 Å².